The second kappa shape index (κ2) is 5.02. The van der Waals surface area contributed by atoms with Gasteiger partial charge in [-0.15, -0.1) is 0 Å². The molecule has 100 valence electrons. The summed E-state index contributed by atoms with van der Waals surface area (Å²) >= 11 is 6.15. The molecule has 1 aromatic heterocycles. The van der Waals surface area contributed by atoms with E-state index in [-0.39, 0.29) is 0 Å². The van der Waals surface area contributed by atoms with Crippen molar-refractivity contribution in [1.82, 2.24) is 4.98 Å². The Morgan fingerprint density at radius 2 is 1.95 bits per heavy atom. The standard InChI is InChI=1S/C16H14ClN3/c1-10-2-3-11(8-14(10)17)20-16-5-4-15(18)13-9-19-7-6-12(13)16/h2-9,20H,18H2,1H3. The van der Waals surface area contributed by atoms with Crippen LogP contribution in [0.2, 0.25) is 5.02 Å². The molecule has 0 bridgehead atoms. The summed E-state index contributed by atoms with van der Waals surface area (Å²) in [4.78, 5) is 4.12. The first kappa shape index (κ1) is 12.8. The minimum Gasteiger partial charge on any atom is -0.398 e. The number of nitrogens with zero attached hydrogens (tertiary/aromatic N) is 1. The zero-order valence-electron chi connectivity index (χ0n) is 11.0. The van der Waals surface area contributed by atoms with E-state index in [1.165, 1.54) is 0 Å². The van der Waals surface area contributed by atoms with Crippen molar-refractivity contribution in [1.29, 1.82) is 0 Å². The van der Waals surface area contributed by atoms with Gasteiger partial charge in [0, 0.05) is 45.3 Å². The summed E-state index contributed by atoms with van der Waals surface area (Å²) in [5.41, 5.74) is 9.69. The van der Waals surface area contributed by atoms with Crippen LogP contribution in [0.3, 0.4) is 0 Å². The topological polar surface area (TPSA) is 50.9 Å². The van der Waals surface area contributed by atoms with Crippen molar-refractivity contribution in [2.24, 2.45) is 0 Å². The highest BCUT2D eigenvalue weighted by atomic mass is 35.5. The van der Waals surface area contributed by atoms with Crippen LogP contribution < -0.4 is 11.1 Å². The van der Waals surface area contributed by atoms with E-state index in [9.17, 15) is 0 Å². The first-order valence-corrected chi connectivity index (χ1v) is 6.68. The number of aryl methyl sites for hydroxylation is 1. The van der Waals surface area contributed by atoms with E-state index >= 15 is 0 Å². The van der Waals surface area contributed by atoms with Gasteiger partial charge >= 0.3 is 0 Å². The summed E-state index contributed by atoms with van der Waals surface area (Å²) in [6.45, 7) is 1.98. The van der Waals surface area contributed by atoms with Gasteiger partial charge in [0.05, 0.1) is 0 Å². The first-order chi connectivity index (χ1) is 9.65. The molecule has 4 heteroatoms. The average molecular weight is 284 g/mol. The van der Waals surface area contributed by atoms with Crippen molar-refractivity contribution in [3.63, 3.8) is 0 Å². The van der Waals surface area contributed by atoms with Crippen molar-refractivity contribution in [3.8, 4) is 0 Å². The van der Waals surface area contributed by atoms with Crippen LogP contribution >= 0.6 is 11.6 Å². The number of anilines is 3. The van der Waals surface area contributed by atoms with E-state index in [4.69, 9.17) is 17.3 Å². The quantitative estimate of drug-likeness (QED) is 0.680. The van der Waals surface area contributed by atoms with Crippen LogP contribution in [-0.2, 0) is 0 Å². The highest BCUT2D eigenvalue weighted by molar-refractivity contribution is 6.31. The average Bonchev–Trinajstić information content (AvgIpc) is 2.46. The zero-order chi connectivity index (χ0) is 14.1. The minimum absolute atomic E-state index is 0.723. The molecule has 2 aromatic carbocycles. The highest BCUT2D eigenvalue weighted by Crippen LogP contribution is 2.30. The predicted octanol–water partition coefficient (Wildman–Crippen LogP) is 4.52. The monoisotopic (exact) mass is 283 g/mol. The fourth-order valence-electron chi connectivity index (χ4n) is 2.15. The summed E-state index contributed by atoms with van der Waals surface area (Å²) in [5, 5.41) is 6.10. The van der Waals surface area contributed by atoms with E-state index < -0.39 is 0 Å². The van der Waals surface area contributed by atoms with Gasteiger partial charge in [0.2, 0.25) is 0 Å². The SMILES string of the molecule is Cc1ccc(Nc2ccc(N)c3cnccc23)cc1Cl. The Balaban J connectivity index is 2.06. The Labute approximate surface area is 122 Å². The van der Waals surface area contributed by atoms with Crippen molar-refractivity contribution >= 4 is 39.4 Å². The van der Waals surface area contributed by atoms with Crippen molar-refractivity contribution < 1.29 is 0 Å². The lowest BCUT2D eigenvalue weighted by atomic mass is 10.1. The smallest absolute Gasteiger partial charge is 0.0466 e. The van der Waals surface area contributed by atoms with E-state index in [0.29, 0.717) is 0 Å². The van der Waals surface area contributed by atoms with Gasteiger partial charge in [-0.1, -0.05) is 17.7 Å². The molecule has 0 aliphatic heterocycles. The Hall–Kier alpha value is -2.26. The molecule has 0 amide bonds. The highest BCUT2D eigenvalue weighted by Gasteiger charge is 2.05. The van der Waals surface area contributed by atoms with Crippen LogP contribution in [0.5, 0.6) is 0 Å². The first-order valence-electron chi connectivity index (χ1n) is 6.30. The number of halogens is 1. The summed E-state index contributed by atoms with van der Waals surface area (Å²) in [6.07, 6.45) is 3.53. The predicted molar refractivity (Wildman–Crippen MR) is 85.6 cm³/mol. The molecule has 0 radical (unpaired) electrons. The number of fused-ring (bicyclic) bond motifs is 1. The second-order valence-electron chi connectivity index (χ2n) is 4.71. The van der Waals surface area contributed by atoms with Crippen molar-refractivity contribution in [2.45, 2.75) is 6.92 Å². The van der Waals surface area contributed by atoms with Crippen LogP contribution in [-0.4, -0.2) is 4.98 Å². The molecule has 1 heterocycles. The number of benzene rings is 2. The maximum atomic E-state index is 6.15. The molecule has 0 atom stereocenters. The third-order valence-corrected chi connectivity index (χ3v) is 3.71. The van der Waals surface area contributed by atoms with Crippen LogP contribution in [0.1, 0.15) is 5.56 Å². The molecule has 0 spiro atoms. The number of aromatic nitrogens is 1. The van der Waals surface area contributed by atoms with Gasteiger partial charge in [0.15, 0.2) is 0 Å². The van der Waals surface area contributed by atoms with Crippen LogP contribution in [0, 0.1) is 6.92 Å². The fourth-order valence-corrected chi connectivity index (χ4v) is 2.33. The molecular weight excluding hydrogens is 270 g/mol. The minimum atomic E-state index is 0.723. The Bertz CT molecular complexity index is 784. The Morgan fingerprint density at radius 3 is 2.75 bits per heavy atom. The van der Waals surface area contributed by atoms with Crippen molar-refractivity contribution in [2.75, 3.05) is 11.1 Å². The summed E-state index contributed by atoms with van der Waals surface area (Å²) in [5.74, 6) is 0. The Morgan fingerprint density at radius 1 is 1.10 bits per heavy atom. The molecule has 0 saturated carbocycles. The molecule has 0 aliphatic carbocycles. The molecule has 20 heavy (non-hydrogen) atoms. The third-order valence-electron chi connectivity index (χ3n) is 3.30. The second-order valence-corrected chi connectivity index (χ2v) is 5.12. The van der Waals surface area contributed by atoms with Gasteiger partial charge in [0.1, 0.15) is 0 Å². The van der Waals surface area contributed by atoms with Gasteiger partial charge in [-0.2, -0.15) is 0 Å². The Kier molecular flexibility index (Phi) is 3.20. The molecule has 3 nitrogen and oxygen atoms in total. The zero-order valence-corrected chi connectivity index (χ0v) is 11.8. The van der Waals surface area contributed by atoms with Gasteiger partial charge in [-0.05, 0) is 42.8 Å². The maximum absolute atomic E-state index is 6.15. The lowest BCUT2D eigenvalue weighted by Gasteiger charge is -2.12. The number of rotatable bonds is 2. The van der Waals surface area contributed by atoms with Crippen LogP contribution in [0.15, 0.2) is 48.8 Å². The lowest BCUT2D eigenvalue weighted by molar-refractivity contribution is 1.36. The van der Waals surface area contributed by atoms with Gasteiger partial charge in [0.25, 0.3) is 0 Å². The maximum Gasteiger partial charge on any atom is 0.0466 e. The molecule has 3 rings (SSSR count). The lowest BCUT2D eigenvalue weighted by Crippen LogP contribution is -1.95. The van der Waals surface area contributed by atoms with E-state index in [1.54, 1.807) is 12.4 Å². The van der Waals surface area contributed by atoms with Gasteiger partial charge in [-0.3, -0.25) is 4.98 Å². The summed E-state index contributed by atoms with van der Waals surface area (Å²) < 4.78 is 0. The van der Waals surface area contributed by atoms with Crippen LogP contribution in [0.25, 0.3) is 10.8 Å². The molecule has 0 saturated heterocycles. The van der Waals surface area contributed by atoms with Gasteiger partial charge in [-0.25, -0.2) is 0 Å². The normalized spacial score (nSPS) is 10.7. The molecule has 3 aromatic rings. The van der Waals surface area contributed by atoms with E-state index in [0.717, 1.165) is 38.4 Å². The molecule has 0 unspecified atom stereocenters. The van der Waals surface area contributed by atoms with E-state index in [2.05, 4.69) is 10.3 Å². The summed E-state index contributed by atoms with van der Waals surface area (Å²) in [7, 11) is 0. The molecule has 3 N–H and O–H groups in total. The molecule has 0 fully saturated rings. The number of hydrogen-bond acceptors (Lipinski definition) is 3. The third kappa shape index (κ3) is 2.28. The van der Waals surface area contributed by atoms with Crippen molar-refractivity contribution in [3.05, 3.63) is 59.4 Å². The number of nitrogens with two attached hydrogens (primary N) is 1. The van der Waals surface area contributed by atoms with E-state index in [1.807, 2.05) is 43.3 Å². The fraction of sp³-hybridized carbons (Fsp3) is 0.0625. The number of nitrogen functional groups attached to an aromatic ring is 1. The van der Waals surface area contributed by atoms with Gasteiger partial charge < -0.3 is 11.1 Å². The summed E-state index contributed by atoms with van der Waals surface area (Å²) in [6, 6.07) is 11.7. The number of hydrogen-bond donors (Lipinski definition) is 2. The largest absolute Gasteiger partial charge is 0.398 e. The number of nitrogens with one attached hydrogen (secondary N) is 1. The molecular formula is C16H14ClN3. The van der Waals surface area contributed by atoms with Crippen LogP contribution in [0.4, 0.5) is 17.1 Å². The molecule has 0 aliphatic rings. The number of pyridine rings is 1.